The molecule has 0 bridgehead atoms. The molecule has 0 fully saturated rings. The molecule has 0 saturated heterocycles. The standard InChI is InChI=1S/C4H10O2S2/c5-3(1-7)4(6)2-8/h3-8H,1-2H2. The Labute approximate surface area is 59.7 Å². The zero-order valence-corrected chi connectivity index (χ0v) is 6.15. The maximum Gasteiger partial charge on any atom is 0.0894 e. The second-order valence-corrected chi connectivity index (χ2v) is 2.23. The molecule has 0 aliphatic heterocycles. The summed E-state index contributed by atoms with van der Waals surface area (Å²) in [4.78, 5) is 0. The molecule has 0 aromatic rings. The Kier molecular flexibility index (Phi) is 4.84. The number of rotatable bonds is 3. The lowest BCUT2D eigenvalue weighted by atomic mass is 10.3. The van der Waals surface area contributed by atoms with Crippen LogP contribution >= 0.6 is 25.3 Å². The van der Waals surface area contributed by atoms with Crippen LogP contribution in [0.2, 0.25) is 0 Å². The van der Waals surface area contributed by atoms with Gasteiger partial charge < -0.3 is 10.2 Å². The Hall–Kier alpha value is 0.620. The fourth-order valence-electron chi connectivity index (χ4n) is 0.243. The highest BCUT2D eigenvalue weighted by molar-refractivity contribution is 7.80. The van der Waals surface area contributed by atoms with Crippen molar-refractivity contribution >= 4 is 25.3 Å². The van der Waals surface area contributed by atoms with Gasteiger partial charge in [-0.3, -0.25) is 0 Å². The topological polar surface area (TPSA) is 40.5 Å². The minimum absolute atomic E-state index is 0.279. The quantitative estimate of drug-likeness (QED) is 0.417. The van der Waals surface area contributed by atoms with E-state index in [2.05, 4.69) is 25.3 Å². The molecule has 0 amide bonds. The fourth-order valence-corrected chi connectivity index (χ4v) is 0.730. The van der Waals surface area contributed by atoms with Crippen LogP contribution in [0.1, 0.15) is 0 Å². The van der Waals surface area contributed by atoms with Gasteiger partial charge in [-0.25, -0.2) is 0 Å². The minimum atomic E-state index is -0.740. The summed E-state index contributed by atoms with van der Waals surface area (Å²) in [5, 5.41) is 17.5. The number of thiol groups is 2. The number of aliphatic hydroxyl groups is 2. The summed E-state index contributed by atoms with van der Waals surface area (Å²) in [5.74, 6) is 0.559. The minimum Gasteiger partial charge on any atom is -0.390 e. The molecule has 0 aromatic carbocycles. The van der Waals surface area contributed by atoms with E-state index in [0.29, 0.717) is 0 Å². The Balaban J connectivity index is 3.29. The highest BCUT2D eigenvalue weighted by Crippen LogP contribution is 1.96. The third kappa shape index (κ3) is 2.81. The molecule has 0 rings (SSSR count). The monoisotopic (exact) mass is 154 g/mol. The molecule has 0 radical (unpaired) electrons. The summed E-state index contributed by atoms with van der Waals surface area (Å²) < 4.78 is 0. The highest BCUT2D eigenvalue weighted by atomic mass is 32.1. The van der Waals surface area contributed by atoms with Gasteiger partial charge in [0.2, 0.25) is 0 Å². The van der Waals surface area contributed by atoms with Gasteiger partial charge in [0.25, 0.3) is 0 Å². The molecular weight excluding hydrogens is 144 g/mol. The van der Waals surface area contributed by atoms with Crippen LogP contribution in [0.15, 0.2) is 0 Å². The first-order valence-corrected chi connectivity index (χ1v) is 3.56. The van der Waals surface area contributed by atoms with E-state index in [9.17, 15) is 0 Å². The summed E-state index contributed by atoms with van der Waals surface area (Å²) in [5.41, 5.74) is 0. The van der Waals surface area contributed by atoms with Gasteiger partial charge in [0.15, 0.2) is 0 Å². The Morgan fingerprint density at radius 3 is 1.38 bits per heavy atom. The Morgan fingerprint density at radius 1 is 1.00 bits per heavy atom. The summed E-state index contributed by atoms with van der Waals surface area (Å²) in [6, 6.07) is 0. The van der Waals surface area contributed by atoms with Gasteiger partial charge >= 0.3 is 0 Å². The van der Waals surface area contributed by atoms with Gasteiger partial charge in [0, 0.05) is 11.5 Å². The molecule has 2 N–H and O–H groups in total. The smallest absolute Gasteiger partial charge is 0.0894 e. The Bertz CT molecular complexity index is 52.0. The lowest BCUT2D eigenvalue weighted by molar-refractivity contribution is 0.0504. The van der Waals surface area contributed by atoms with Crippen molar-refractivity contribution in [1.82, 2.24) is 0 Å². The SMILES string of the molecule is OC(CS)C(O)CS. The van der Waals surface area contributed by atoms with Crippen LogP contribution in [0.4, 0.5) is 0 Å². The summed E-state index contributed by atoms with van der Waals surface area (Å²) in [7, 11) is 0. The first kappa shape index (κ1) is 8.62. The predicted molar refractivity (Wildman–Crippen MR) is 39.7 cm³/mol. The van der Waals surface area contributed by atoms with Crippen LogP contribution in [-0.4, -0.2) is 33.9 Å². The molecular formula is C4H10O2S2. The lowest BCUT2D eigenvalue weighted by Gasteiger charge is -2.11. The van der Waals surface area contributed by atoms with Crippen molar-refractivity contribution in [3.05, 3.63) is 0 Å². The molecule has 50 valence electrons. The molecule has 0 aliphatic rings. The highest BCUT2D eigenvalue weighted by Gasteiger charge is 2.10. The summed E-state index contributed by atoms with van der Waals surface area (Å²) >= 11 is 7.53. The van der Waals surface area contributed by atoms with Crippen LogP contribution in [0.25, 0.3) is 0 Å². The third-order valence-corrected chi connectivity index (χ3v) is 1.57. The average Bonchev–Trinajstić information content (AvgIpc) is 1.84. The predicted octanol–water partition coefficient (Wildman–Crippen LogP) is -0.432. The number of hydrogen-bond donors (Lipinski definition) is 4. The zero-order valence-electron chi connectivity index (χ0n) is 4.36. The van der Waals surface area contributed by atoms with Crippen molar-refractivity contribution in [3.63, 3.8) is 0 Å². The van der Waals surface area contributed by atoms with E-state index in [-0.39, 0.29) is 11.5 Å². The van der Waals surface area contributed by atoms with E-state index >= 15 is 0 Å². The van der Waals surface area contributed by atoms with Crippen LogP contribution in [-0.2, 0) is 0 Å². The number of aliphatic hydroxyl groups excluding tert-OH is 2. The fraction of sp³-hybridized carbons (Fsp3) is 1.00. The van der Waals surface area contributed by atoms with E-state index < -0.39 is 12.2 Å². The van der Waals surface area contributed by atoms with Gasteiger partial charge in [-0.2, -0.15) is 25.3 Å². The molecule has 2 unspecified atom stereocenters. The van der Waals surface area contributed by atoms with Crippen molar-refractivity contribution in [2.24, 2.45) is 0 Å². The van der Waals surface area contributed by atoms with Crippen molar-refractivity contribution in [2.75, 3.05) is 11.5 Å². The van der Waals surface area contributed by atoms with E-state index in [0.717, 1.165) is 0 Å². The van der Waals surface area contributed by atoms with Crippen LogP contribution in [0.5, 0.6) is 0 Å². The molecule has 0 spiro atoms. The molecule has 8 heavy (non-hydrogen) atoms. The summed E-state index contributed by atoms with van der Waals surface area (Å²) in [6.07, 6.45) is -1.48. The lowest BCUT2D eigenvalue weighted by Crippen LogP contribution is -2.28. The van der Waals surface area contributed by atoms with Gasteiger partial charge in [-0.1, -0.05) is 0 Å². The molecule has 0 saturated carbocycles. The molecule has 0 aliphatic carbocycles. The van der Waals surface area contributed by atoms with E-state index in [1.54, 1.807) is 0 Å². The van der Waals surface area contributed by atoms with Gasteiger partial charge in [0.1, 0.15) is 0 Å². The van der Waals surface area contributed by atoms with E-state index in [4.69, 9.17) is 10.2 Å². The maximum atomic E-state index is 8.75. The first-order valence-electron chi connectivity index (χ1n) is 2.30. The van der Waals surface area contributed by atoms with Crippen molar-refractivity contribution in [1.29, 1.82) is 0 Å². The van der Waals surface area contributed by atoms with Crippen molar-refractivity contribution in [2.45, 2.75) is 12.2 Å². The van der Waals surface area contributed by atoms with E-state index in [1.807, 2.05) is 0 Å². The molecule has 4 heteroatoms. The van der Waals surface area contributed by atoms with Crippen LogP contribution < -0.4 is 0 Å². The molecule has 0 aromatic heterocycles. The first-order chi connectivity index (χ1) is 3.72. The molecule has 0 heterocycles. The van der Waals surface area contributed by atoms with Crippen LogP contribution in [0, 0.1) is 0 Å². The second kappa shape index (κ2) is 4.49. The average molecular weight is 154 g/mol. The second-order valence-electron chi connectivity index (χ2n) is 1.50. The van der Waals surface area contributed by atoms with Crippen molar-refractivity contribution < 1.29 is 10.2 Å². The maximum absolute atomic E-state index is 8.75. The third-order valence-electron chi connectivity index (χ3n) is 0.818. The number of hydrogen-bond acceptors (Lipinski definition) is 4. The van der Waals surface area contributed by atoms with Crippen molar-refractivity contribution in [3.8, 4) is 0 Å². The largest absolute Gasteiger partial charge is 0.390 e. The van der Waals surface area contributed by atoms with E-state index in [1.165, 1.54) is 0 Å². The van der Waals surface area contributed by atoms with Crippen LogP contribution in [0.3, 0.4) is 0 Å². The van der Waals surface area contributed by atoms with Gasteiger partial charge in [0.05, 0.1) is 12.2 Å². The van der Waals surface area contributed by atoms with Gasteiger partial charge in [-0.05, 0) is 0 Å². The normalized spacial score (nSPS) is 18.0. The van der Waals surface area contributed by atoms with Gasteiger partial charge in [-0.15, -0.1) is 0 Å². The summed E-state index contributed by atoms with van der Waals surface area (Å²) in [6.45, 7) is 0. The molecule has 2 nitrogen and oxygen atoms in total. The Morgan fingerprint density at radius 2 is 1.25 bits per heavy atom. The zero-order chi connectivity index (χ0) is 6.57. The molecule has 2 atom stereocenters.